The summed E-state index contributed by atoms with van der Waals surface area (Å²) in [7, 11) is 0. The Morgan fingerprint density at radius 2 is 1.93 bits per heavy atom. The second-order valence-electron chi connectivity index (χ2n) is 6.31. The van der Waals surface area contributed by atoms with Crippen LogP contribution in [0.2, 0.25) is 0 Å². The zero-order valence-corrected chi connectivity index (χ0v) is 15.5. The van der Waals surface area contributed by atoms with E-state index in [1.54, 1.807) is 30.3 Å². The molecule has 1 aromatic carbocycles. The Morgan fingerprint density at radius 1 is 1.22 bits per heavy atom. The van der Waals surface area contributed by atoms with Crippen LogP contribution in [0.4, 0.5) is 11.5 Å². The number of aryl methyl sites for hydroxylation is 3. The molecule has 0 aliphatic carbocycles. The summed E-state index contributed by atoms with van der Waals surface area (Å²) >= 11 is 0. The Labute approximate surface area is 157 Å². The molecule has 2 aromatic heterocycles. The van der Waals surface area contributed by atoms with Crippen LogP contribution in [-0.4, -0.2) is 21.0 Å². The molecule has 0 bridgehead atoms. The van der Waals surface area contributed by atoms with E-state index in [9.17, 15) is 4.79 Å². The highest BCUT2D eigenvalue weighted by Crippen LogP contribution is 2.28. The van der Waals surface area contributed by atoms with Crippen molar-refractivity contribution in [1.29, 1.82) is 0 Å². The summed E-state index contributed by atoms with van der Waals surface area (Å²) in [4.78, 5) is 20.3. The number of carbonyl (C=O) groups is 1. The van der Waals surface area contributed by atoms with Gasteiger partial charge in [-0.1, -0.05) is 6.08 Å². The fourth-order valence-electron chi connectivity index (χ4n) is 2.71. The van der Waals surface area contributed by atoms with Crippen LogP contribution in [0.15, 0.2) is 47.4 Å². The zero-order chi connectivity index (χ0) is 19.6. The van der Waals surface area contributed by atoms with Crippen molar-refractivity contribution in [1.82, 2.24) is 9.97 Å². The van der Waals surface area contributed by atoms with Crippen LogP contribution < -0.4 is 5.32 Å². The molecule has 0 atom stereocenters. The number of hydrogen-bond donors (Lipinski definition) is 2. The molecule has 0 unspecified atom stereocenters. The molecule has 0 radical (unpaired) electrons. The van der Waals surface area contributed by atoms with Gasteiger partial charge in [0, 0.05) is 16.9 Å². The van der Waals surface area contributed by atoms with E-state index in [1.807, 2.05) is 26.8 Å². The first-order valence-electron chi connectivity index (χ1n) is 8.55. The highest BCUT2D eigenvalue weighted by atomic mass is 16.4. The van der Waals surface area contributed by atoms with E-state index in [-0.39, 0.29) is 5.56 Å². The van der Waals surface area contributed by atoms with E-state index in [0.717, 1.165) is 28.3 Å². The van der Waals surface area contributed by atoms with E-state index in [0.29, 0.717) is 23.8 Å². The standard InChI is InChI=1S/C21H21N3O3/c1-5-6-17-13(3)22-20(18-11-12(2)14(4)27-18)24-19(17)23-16-9-7-15(8-10-16)21(25)26/h5,7-11H,1,6H2,2-4H3,(H,25,26)(H,22,23,24). The Balaban J connectivity index is 2.02. The highest BCUT2D eigenvalue weighted by Gasteiger charge is 2.16. The second kappa shape index (κ2) is 7.45. The number of rotatable bonds is 6. The van der Waals surface area contributed by atoms with Crippen molar-refractivity contribution >= 4 is 17.5 Å². The van der Waals surface area contributed by atoms with Crippen molar-refractivity contribution in [2.75, 3.05) is 5.32 Å². The molecule has 2 N–H and O–H groups in total. The third-order valence-corrected chi connectivity index (χ3v) is 4.34. The minimum atomic E-state index is -0.961. The normalized spacial score (nSPS) is 10.6. The molecular formula is C21H21N3O3. The van der Waals surface area contributed by atoms with Crippen LogP contribution in [0.1, 0.15) is 32.9 Å². The third kappa shape index (κ3) is 3.89. The number of aromatic carboxylic acids is 1. The molecule has 0 fully saturated rings. The maximum atomic E-state index is 11.0. The molecule has 138 valence electrons. The molecule has 3 aromatic rings. The average molecular weight is 363 g/mol. The van der Waals surface area contributed by atoms with Crippen molar-refractivity contribution in [3.8, 4) is 11.6 Å². The molecule has 6 nitrogen and oxygen atoms in total. The lowest BCUT2D eigenvalue weighted by molar-refractivity contribution is 0.0697. The van der Waals surface area contributed by atoms with Crippen LogP contribution >= 0.6 is 0 Å². The summed E-state index contributed by atoms with van der Waals surface area (Å²) in [6.07, 6.45) is 2.41. The lowest BCUT2D eigenvalue weighted by Gasteiger charge is -2.13. The minimum absolute atomic E-state index is 0.230. The highest BCUT2D eigenvalue weighted by molar-refractivity contribution is 5.88. The molecule has 2 heterocycles. The van der Waals surface area contributed by atoms with Gasteiger partial charge in [0.15, 0.2) is 11.6 Å². The van der Waals surface area contributed by atoms with Crippen molar-refractivity contribution < 1.29 is 14.3 Å². The summed E-state index contributed by atoms with van der Waals surface area (Å²) in [5.41, 5.74) is 3.77. The number of nitrogens with one attached hydrogen (secondary N) is 1. The lowest BCUT2D eigenvalue weighted by atomic mass is 10.1. The topological polar surface area (TPSA) is 88.3 Å². The van der Waals surface area contributed by atoms with Gasteiger partial charge in [-0.25, -0.2) is 14.8 Å². The fourth-order valence-corrected chi connectivity index (χ4v) is 2.71. The van der Waals surface area contributed by atoms with Crippen molar-refractivity contribution in [3.05, 3.63) is 71.1 Å². The van der Waals surface area contributed by atoms with Gasteiger partial charge >= 0.3 is 5.97 Å². The Kier molecular flexibility index (Phi) is 5.07. The van der Waals surface area contributed by atoms with Gasteiger partial charge in [-0.15, -0.1) is 6.58 Å². The number of benzene rings is 1. The summed E-state index contributed by atoms with van der Waals surface area (Å²) in [6.45, 7) is 9.61. The van der Waals surface area contributed by atoms with E-state index in [2.05, 4.69) is 21.9 Å². The van der Waals surface area contributed by atoms with Crippen LogP contribution in [0.3, 0.4) is 0 Å². The number of carboxylic acid groups (broad SMARTS) is 1. The predicted molar refractivity (Wildman–Crippen MR) is 105 cm³/mol. The van der Waals surface area contributed by atoms with Gasteiger partial charge in [-0.3, -0.25) is 0 Å². The van der Waals surface area contributed by atoms with Gasteiger partial charge < -0.3 is 14.8 Å². The number of nitrogens with zero attached hydrogens (tertiary/aromatic N) is 2. The van der Waals surface area contributed by atoms with Crippen LogP contribution in [0, 0.1) is 20.8 Å². The Hall–Kier alpha value is -3.41. The summed E-state index contributed by atoms with van der Waals surface area (Å²) in [6, 6.07) is 8.43. The van der Waals surface area contributed by atoms with E-state index in [4.69, 9.17) is 9.52 Å². The van der Waals surface area contributed by atoms with Crippen LogP contribution in [0.25, 0.3) is 11.6 Å². The van der Waals surface area contributed by atoms with E-state index in [1.165, 1.54) is 0 Å². The number of anilines is 2. The molecule has 27 heavy (non-hydrogen) atoms. The lowest BCUT2D eigenvalue weighted by Crippen LogP contribution is -2.05. The molecule has 6 heteroatoms. The number of furan rings is 1. The van der Waals surface area contributed by atoms with Gasteiger partial charge in [-0.05, 0) is 63.1 Å². The zero-order valence-electron chi connectivity index (χ0n) is 15.5. The Morgan fingerprint density at radius 3 is 2.48 bits per heavy atom. The molecule has 0 aliphatic rings. The van der Waals surface area contributed by atoms with Gasteiger partial charge in [0.25, 0.3) is 0 Å². The Bertz CT molecular complexity index is 985. The van der Waals surface area contributed by atoms with Crippen molar-refractivity contribution in [2.24, 2.45) is 0 Å². The molecule has 0 spiro atoms. The average Bonchev–Trinajstić information content (AvgIpc) is 2.97. The maximum absolute atomic E-state index is 11.0. The van der Waals surface area contributed by atoms with Gasteiger partial charge in [0.05, 0.1) is 5.56 Å². The van der Waals surface area contributed by atoms with Gasteiger partial charge in [-0.2, -0.15) is 0 Å². The maximum Gasteiger partial charge on any atom is 0.335 e. The summed E-state index contributed by atoms with van der Waals surface area (Å²) in [5, 5.41) is 12.3. The molecule has 0 saturated heterocycles. The molecular weight excluding hydrogens is 342 g/mol. The van der Waals surface area contributed by atoms with Crippen molar-refractivity contribution in [3.63, 3.8) is 0 Å². The van der Waals surface area contributed by atoms with E-state index >= 15 is 0 Å². The van der Waals surface area contributed by atoms with Gasteiger partial charge in [0.2, 0.25) is 0 Å². The summed E-state index contributed by atoms with van der Waals surface area (Å²) < 4.78 is 5.76. The first kappa shape index (κ1) is 18.4. The number of aromatic nitrogens is 2. The third-order valence-electron chi connectivity index (χ3n) is 4.34. The largest absolute Gasteiger partial charge is 0.478 e. The van der Waals surface area contributed by atoms with Gasteiger partial charge in [0.1, 0.15) is 11.6 Å². The van der Waals surface area contributed by atoms with Crippen LogP contribution in [0.5, 0.6) is 0 Å². The first-order valence-corrected chi connectivity index (χ1v) is 8.55. The second-order valence-corrected chi connectivity index (χ2v) is 6.31. The predicted octanol–water partition coefficient (Wildman–Crippen LogP) is 4.83. The SMILES string of the molecule is C=CCc1c(C)nc(-c2cc(C)c(C)o2)nc1Nc1ccc(C(=O)O)cc1. The van der Waals surface area contributed by atoms with E-state index < -0.39 is 5.97 Å². The molecule has 0 amide bonds. The molecule has 3 rings (SSSR count). The smallest absolute Gasteiger partial charge is 0.335 e. The number of allylic oxidation sites excluding steroid dienone is 1. The number of hydrogen-bond acceptors (Lipinski definition) is 5. The molecule has 0 aliphatic heterocycles. The summed E-state index contributed by atoms with van der Waals surface area (Å²) in [5.74, 6) is 1.63. The van der Waals surface area contributed by atoms with Crippen molar-refractivity contribution in [2.45, 2.75) is 27.2 Å². The number of carboxylic acids is 1. The minimum Gasteiger partial charge on any atom is -0.478 e. The quantitative estimate of drug-likeness (QED) is 0.610. The first-order chi connectivity index (χ1) is 12.9. The monoisotopic (exact) mass is 363 g/mol. The fraction of sp³-hybridized carbons (Fsp3) is 0.190. The molecule has 0 saturated carbocycles. The van der Waals surface area contributed by atoms with Crippen LogP contribution in [-0.2, 0) is 6.42 Å².